The van der Waals surface area contributed by atoms with Crippen LogP contribution in [0.5, 0.6) is 0 Å². The number of nitrogens with zero attached hydrogens (tertiary/aromatic N) is 2. The molecule has 3 rings (SSSR count). The van der Waals surface area contributed by atoms with Crippen molar-refractivity contribution in [3.8, 4) is 0 Å². The predicted octanol–water partition coefficient (Wildman–Crippen LogP) is 3.85. The second kappa shape index (κ2) is 8.35. The minimum atomic E-state index is -0.477. The molecule has 0 fully saturated rings. The zero-order valence-corrected chi connectivity index (χ0v) is 16.7. The van der Waals surface area contributed by atoms with Crippen LogP contribution >= 0.6 is 15.9 Å². The SMILES string of the molecule is CCc1nc2ccccc2n1CC(=O)OCC(=O)Nc1ccc(Br)c(C)c1. The number of halogens is 1. The lowest BCUT2D eigenvalue weighted by Crippen LogP contribution is -2.23. The first-order valence-corrected chi connectivity index (χ1v) is 9.43. The molecule has 0 saturated heterocycles. The summed E-state index contributed by atoms with van der Waals surface area (Å²) in [6.07, 6.45) is 0.700. The Kier molecular flexibility index (Phi) is 5.91. The van der Waals surface area contributed by atoms with Gasteiger partial charge in [-0.3, -0.25) is 9.59 Å². The Morgan fingerprint density at radius 1 is 1.22 bits per heavy atom. The van der Waals surface area contributed by atoms with Crippen molar-refractivity contribution in [3.05, 3.63) is 58.3 Å². The zero-order valence-electron chi connectivity index (χ0n) is 15.2. The topological polar surface area (TPSA) is 73.2 Å². The number of carbonyl (C=O) groups is 2. The summed E-state index contributed by atoms with van der Waals surface area (Å²) in [5.41, 5.74) is 3.38. The number of nitrogens with one attached hydrogen (secondary N) is 1. The maximum absolute atomic E-state index is 12.2. The third-order valence-corrected chi connectivity index (χ3v) is 5.03. The minimum Gasteiger partial charge on any atom is -0.454 e. The Labute approximate surface area is 165 Å². The lowest BCUT2D eigenvalue weighted by molar-refractivity contribution is -0.147. The summed E-state index contributed by atoms with van der Waals surface area (Å²) in [7, 11) is 0. The molecule has 27 heavy (non-hydrogen) atoms. The van der Waals surface area contributed by atoms with Crippen LogP contribution in [-0.4, -0.2) is 28.0 Å². The molecule has 0 atom stereocenters. The Bertz CT molecular complexity index is 997. The molecule has 1 N–H and O–H groups in total. The van der Waals surface area contributed by atoms with Crippen LogP contribution in [0.15, 0.2) is 46.9 Å². The number of para-hydroxylation sites is 2. The number of amides is 1. The third-order valence-electron chi connectivity index (χ3n) is 4.14. The standard InChI is InChI=1S/C20H20BrN3O3/c1-3-18-23-16-6-4-5-7-17(16)24(18)11-20(26)27-12-19(25)22-14-8-9-15(21)13(2)10-14/h4-10H,3,11-12H2,1-2H3,(H,22,25). The number of esters is 1. The Balaban J connectivity index is 1.60. The summed E-state index contributed by atoms with van der Waals surface area (Å²) >= 11 is 3.41. The van der Waals surface area contributed by atoms with E-state index in [1.54, 1.807) is 6.07 Å². The number of imidazole rings is 1. The van der Waals surface area contributed by atoms with Crippen molar-refractivity contribution in [2.24, 2.45) is 0 Å². The number of aromatic nitrogens is 2. The van der Waals surface area contributed by atoms with Gasteiger partial charge in [0.05, 0.1) is 11.0 Å². The van der Waals surface area contributed by atoms with Gasteiger partial charge in [-0.2, -0.15) is 0 Å². The smallest absolute Gasteiger partial charge is 0.326 e. The Morgan fingerprint density at radius 3 is 2.74 bits per heavy atom. The number of carbonyl (C=O) groups excluding carboxylic acids is 2. The van der Waals surface area contributed by atoms with Crippen molar-refractivity contribution in [1.82, 2.24) is 9.55 Å². The molecule has 6 nitrogen and oxygen atoms in total. The number of ether oxygens (including phenoxy) is 1. The van der Waals surface area contributed by atoms with Gasteiger partial charge in [0.15, 0.2) is 6.61 Å². The van der Waals surface area contributed by atoms with Gasteiger partial charge in [-0.15, -0.1) is 0 Å². The summed E-state index contributed by atoms with van der Waals surface area (Å²) in [6.45, 7) is 3.60. The molecule has 0 aliphatic rings. The van der Waals surface area contributed by atoms with Gasteiger partial charge in [0.2, 0.25) is 0 Å². The van der Waals surface area contributed by atoms with Crippen molar-refractivity contribution in [2.75, 3.05) is 11.9 Å². The first-order valence-electron chi connectivity index (χ1n) is 8.63. The molecule has 7 heteroatoms. The molecule has 1 aromatic heterocycles. The molecule has 3 aromatic rings. The highest BCUT2D eigenvalue weighted by Crippen LogP contribution is 2.20. The van der Waals surface area contributed by atoms with Gasteiger partial charge in [0.25, 0.3) is 5.91 Å². The number of aryl methyl sites for hydroxylation is 2. The van der Waals surface area contributed by atoms with Gasteiger partial charge in [-0.25, -0.2) is 4.98 Å². The van der Waals surface area contributed by atoms with Crippen LogP contribution in [0.3, 0.4) is 0 Å². The molecule has 140 valence electrons. The number of anilines is 1. The summed E-state index contributed by atoms with van der Waals surface area (Å²) in [4.78, 5) is 28.8. The van der Waals surface area contributed by atoms with E-state index in [1.165, 1.54) is 0 Å². The zero-order chi connectivity index (χ0) is 19.4. The first-order chi connectivity index (χ1) is 13.0. The molecular formula is C20H20BrN3O3. The van der Waals surface area contributed by atoms with E-state index < -0.39 is 5.97 Å². The lowest BCUT2D eigenvalue weighted by Gasteiger charge is -2.10. The van der Waals surface area contributed by atoms with Crippen molar-refractivity contribution in [1.29, 1.82) is 0 Å². The van der Waals surface area contributed by atoms with Crippen LogP contribution in [0.4, 0.5) is 5.69 Å². The summed E-state index contributed by atoms with van der Waals surface area (Å²) < 4.78 is 7.93. The quantitative estimate of drug-likeness (QED) is 0.603. The summed E-state index contributed by atoms with van der Waals surface area (Å²) in [5.74, 6) is -0.0470. The second-order valence-corrected chi connectivity index (χ2v) is 6.98. The van der Waals surface area contributed by atoms with Crippen LogP contribution in [0, 0.1) is 6.92 Å². The van der Waals surface area contributed by atoms with Gasteiger partial charge >= 0.3 is 5.97 Å². The van der Waals surface area contributed by atoms with Crippen molar-refractivity contribution >= 4 is 44.5 Å². The van der Waals surface area contributed by atoms with Crippen molar-refractivity contribution in [3.63, 3.8) is 0 Å². The number of fused-ring (bicyclic) bond motifs is 1. The molecule has 0 saturated carbocycles. The van der Waals surface area contributed by atoms with Crippen LogP contribution in [0.1, 0.15) is 18.3 Å². The molecule has 0 aliphatic carbocycles. The third kappa shape index (κ3) is 4.54. The van der Waals surface area contributed by atoms with E-state index in [0.29, 0.717) is 12.1 Å². The van der Waals surface area contributed by atoms with E-state index in [0.717, 1.165) is 26.9 Å². The average Bonchev–Trinajstić information content (AvgIpc) is 3.01. The fourth-order valence-electron chi connectivity index (χ4n) is 2.81. The van der Waals surface area contributed by atoms with Crippen LogP contribution in [-0.2, 0) is 27.3 Å². The first kappa shape index (κ1) is 19.1. The van der Waals surface area contributed by atoms with Gasteiger partial charge in [-0.1, -0.05) is 35.0 Å². The maximum atomic E-state index is 12.2. The van der Waals surface area contributed by atoms with Crippen molar-refractivity contribution in [2.45, 2.75) is 26.8 Å². The normalized spacial score (nSPS) is 10.8. The second-order valence-electron chi connectivity index (χ2n) is 6.13. The molecule has 0 bridgehead atoms. The molecular weight excluding hydrogens is 410 g/mol. The number of benzene rings is 2. The van der Waals surface area contributed by atoms with E-state index in [-0.39, 0.29) is 19.1 Å². The molecule has 0 aliphatic heterocycles. The molecule has 1 heterocycles. The number of hydrogen-bond acceptors (Lipinski definition) is 4. The lowest BCUT2D eigenvalue weighted by atomic mass is 10.2. The average molecular weight is 430 g/mol. The van der Waals surface area contributed by atoms with E-state index in [1.807, 2.05) is 54.8 Å². The Morgan fingerprint density at radius 2 is 2.00 bits per heavy atom. The van der Waals surface area contributed by atoms with Crippen LogP contribution in [0.25, 0.3) is 11.0 Å². The van der Waals surface area contributed by atoms with Crippen LogP contribution in [0.2, 0.25) is 0 Å². The predicted molar refractivity (Wildman–Crippen MR) is 108 cm³/mol. The highest BCUT2D eigenvalue weighted by molar-refractivity contribution is 9.10. The van der Waals surface area contributed by atoms with E-state index in [9.17, 15) is 9.59 Å². The monoisotopic (exact) mass is 429 g/mol. The summed E-state index contributed by atoms with van der Waals surface area (Å²) in [5, 5.41) is 2.72. The van der Waals surface area contributed by atoms with E-state index >= 15 is 0 Å². The largest absolute Gasteiger partial charge is 0.454 e. The summed E-state index contributed by atoms with van der Waals surface area (Å²) in [6, 6.07) is 13.1. The molecule has 2 aromatic carbocycles. The molecule has 0 radical (unpaired) electrons. The fraction of sp³-hybridized carbons (Fsp3) is 0.250. The van der Waals surface area contributed by atoms with E-state index in [2.05, 4.69) is 26.2 Å². The van der Waals surface area contributed by atoms with Gasteiger partial charge in [0, 0.05) is 16.6 Å². The maximum Gasteiger partial charge on any atom is 0.326 e. The molecule has 0 spiro atoms. The van der Waals surface area contributed by atoms with Crippen LogP contribution < -0.4 is 5.32 Å². The van der Waals surface area contributed by atoms with Gasteiger partial charge < -0.3 is 14.6 Å². The Hall–Kier alpha value is -2.67. The highest BCUT2D eigenvalue weighted by Gasteiger charge is 2.14. The molecule has 1 amide bonds. The fourth-order valence-corrected chi connectivity index (χ4v) is 3.06. The van der Waals surface area contributed by atoms with Gasteiger partial charge in [0.1, 0.15) is 12.4 Å². The van der Waals surface area contributed by atoms with Crippen molar-refractivity contribution < 1.29 is 14.3 Å². The van der Waals surface area contributed by atoms with E-state index in [4.69, 9.17) is 4.74 Å². The molecule has 0 unspecified atom stereocenters. The minimum absolute atomic E-state index is 0.0222. The number of rotatable bonds is 6. The van der Waals surface area contributed by atoms with Gasteiger partial charge in [-0.05, 0) is 42.8 Å². The highest BCUT2D eigenvalue weighted by atomic mass is 79.9. The number of hydrogen-bond donors (Lipinski definition) is 1.